The second-order valence-corrected chi connectivity index (χ2v) is 5.98. The molecule has 122 valence electrons. The third-order valence-corrected chi connectivity index (χ3v) is 4.17. The summed E-state index contributed by atoms with van der Waals surface area (Å²) in [7, 11) is 0. The first-order valence-corrected chi connectivity index (χ1v) is 8.10. The fourth-order valence-corrected chi connectivity index (χ4v) is 3.08. The molecule has 1 aliphatic rings. The van der Waals surface area contributed by atoms with Gasteiger partial charge in [0.25, 0.3) is 5.95 Å². The Labute approximate surface area is 140 Å². The Hall–Kier alpha value is -2.73. The Balaban J connectivity index is 1.64. The molecule has 1 fully saturated rings. The number of rotatable bonds is 3. The number of para-hydroxylation sites is 1. The van der Waals surface area contributed by atoms with Crippen LogP contribution >= 0.6 is 0 Å². The van der Waals surface area contributed by atoms with Gasteiger partial charge in [0.1, 0.15) is 6.10 Å². The van der Waals surface area contributed by atoms with E-state index >= 15 is 0 Å². The van der Waals surface area contributed by atoms with Crippen molar-refractivity contribution in [2.75, 3.05) is 18.0 Å². The molecule has 0 bridgehead atoms. The van der Waals surface area contributed by atoms with Crippen LogP contribution in [0.2, 0.25) is 0 Å². The Morgan fingerprint density at radius 2 is 1.67 bits per heavy atom. The fourth-order valence-electron chi connectivity index (χ4n) is 3.08. The third kappa shape index (κ3) is 2.88. The molecule has 1 aromatic heterocycles. The minimum absolute atomic E-state index is 0.0101. The van der Waals surface area contributed by atoms with Gasteiger partial charge in [0, 0.05) is 6.54 Å². The average molecular weight is 321 g/mol. The van der Waals surface area contributed by atoms with Crippen LogP contribution in [0.15, 0.2) is 60.7 Å². The Bertz CT molecular complexity index is 789. The van der Waals surface area contributed by atoms with E-state index in [1.807, 2.05) is 48.5 Å². The zero-order valence-electron chi connectivity index (χ0n) is 13.5. The van der Waals surface area contributed by atoms with E-state index in [-0.39, 0.29) is 12.2 Å². The molecule has 3 aromatic rings. The Morgan fingerprint density at radius 3 is 2.42 bits per heavy atom. The number of hydrogen-bond donors (Lipinski definition) is 0. The van der Waals surface area contributed by atoms with E-state index in [1.54, 1.807) is 4.68 Å². The van der Waals surface area contributed by atoms with Crippen LogP contribution in [0.1, 0.15) is 18.6 Å². The molecule has 2 unspecified atom stereocenters. The average Bonchev–Trinajstić information content (AvgIpc) is 3.12. The van der Waals surface area contributed by atoms with Crippen LogP contribution in [0.4, 0.5) is 5.95 Å². The molecule has 0 saturated carbocycles. The molecule has 0 aliphatic carbocycles. The van der Waals surface area contributed by atoms with E-state index in [9.17, 15) is 0 Å². The van der Waals surface area contributed by atoms with Crippen LogP contribution < -0.4 is 4.90 Å². The molecule has 2 heterocycles. The van der Waals surface area contributed by atoms with Crippen LogP contribution in [0, 0.1) is 0 Å². The number of tetrazole rings is 1. The summed E-state index contributed by atoms with van der Waals surface area (Å²) >= 11 is 0. The van der Waals surface area contributed by atoms with E-state index in [4.69, 9.17) is 4.74 Å². The van der Waals surface area contributed by atoms with Crippen molar-refractivity contribution in [3.8, 4) is 5.69 Å². The number of benzene rings is 2. The standard InChI is InChI=1S/C18H19N5O/c1-14-12-22(13-17(24-14)15-8-4-2-5-9-15)18-19-20-21-23(18)16-10-6-3-7-11-16/h2-11,14,17H,12-13H2,1H3. The minimum atomic E-state index is 0.0101. The van der Waals surface area contributed by atoms with Crippen LogP contribution in [0.3, 0.4) is 0 Å². The van der Waals surface area contributed by atoms with Gasteiger partial charge in [-0.2, -0.15) is 4.68 Å². The topological polar surface area (TPSA) is 56.1 Å². The van der Waals surface area contributed by atoms with Crippen LogP contribution in [-0.2, 0) is 4.74 Å². The lowest BCUT2D eigenvalue weighted by Crippen LogP contribution is -2.44. The maximum Gasteiger partial charge on any atom is 0.250 e. The summed E-state index contributed by atoms with van der Waals surface area (Å²) in [6.45, 7) is 3.57. The van der Waals surface area contributed by atoms with Crippen LogP contribution in [0.5, 0.6) is 0 Å². The highest BCUT2D eigenvalue weighted by Crippen LogP contribution is 2.28. The van der Waals surface area contributed by atoms with Crippen molar-refractivity contribution in [1.82, 2.24) is 20.2 Å². The van der Waals surface area contributed by atoms with Gasteiger partial charge in [0.15, 0.2) is 0 Å². The molecule has 2 atom stereocenters. The van der Waals surface area contributed by atoms with Crippen LogP contribution in [0.25, 0.3) is 5.69 Å². The minimum Gasteiger partial charge on any atom is -0.367 e. The van der Waals surface area contributed by atoms with Gasteiger partial charge in [-0.3, -0.25) is 0 Å². The molecule has 0 radical (unpaired) electrons. The normalized spacial score (nSPS) is 21.0. The van der Waals surface area contributed by atoms with E-state index in [1.165, 1.54) is 5.56 Å². The fraction of sp³-hybridized carbons (Fsp3) is 0.278. The number of anilines is 1. The van der Waals surface area contributed by atoms with Gasteiger partial charge in [-0.15, -0.1) is 0 Å². The predicted octanol–water partition coefficient (Wildman–Crippen LogP) is 2.63. The first-order chi connectivity index (χ1) is 11.8. The van der Waals surface area contributed by atoms with Gasteiger partial charge in [-0.1, -0.05) is 53.6 Å². The van der Waals surface area contributed by atoms with E-state index < -0.39 is 0 Å². The molecule has 4 rings (SSSR count). The highest BCUT2D eigenvalue weighted by Gasteiger charge is 2.29. The van der Waals surface area contributed by atoms with Crippen molar-refractivity contribution in [3.05, 3.63) is 66.2 Å². The Kier molecular flexibility index (Phi) is 3.96. The molecule has 6 heteroatoms. The maximum atomic E-state index is 6.13. The largest absolute Gasteiger partial charge is 0.367 e. The molecule has 1 saturated heterocycles. The van der Waals surface area contributed by atoms with Gasteiger partial charge in [-0.05, 0) is 35.0 Å². The SMILES string of the molecule is CC1CN(c2nnnn2-c2ccccc2)CC(c2ccccc2)O1. The molecule has 0 N–H and O–H groups in total. The van der Waals surface area contributed by atoms with Gasteiger partial charge in [-0.25, -0.2) is 0 Å². The molecule has 1 aliphatic heterocycles. The number of ether oxygens (including phenoxy) is 1. The van der Waals surface area contributed by atoms with Gasteiger partial charge >= 0.3 is 0 Å². The van der Waals surface area contributed by atoms with Gasteiger partial charge in [0.2, 0.25) is 0 Å². The monoisotopic (exact) mass is 321 g/mol. The zero-order chi connectivity index (χ0) is 16.4. The highest BCUT2D eigenvalue weighted by molar-refractivity contribution is 5.41. The third-order valence-electron chi connectivity index (χ3n) is 4.17. The van der Waals surface area contributed by atoms with Crippen molar-refractivity contribution in [2.45, 2.75) is 19.1 Å². The summed E-state index contributed by atoms with van der Waals surface area (Å²) < 4.78 is 7.90. The number of morpholine rings is 1. The number of nitrogens with zero attached hydrogens (tertiary/aromatic N) is 5. The van der Waals surface area contributed by atoms with Crippen LogP contribution in [-0.4, -0.2) is 39.4 Å². The van der Waals surface area contributed by atoms with Crippen molar-refractivity contribution < 1.29 is 4.74 Å². The lowest BCUT2D eigenvalue weighted by Gasteiger charge is -2.37. The lowest BCUT2D eigenvalue weighted by atomic mass is 10.1. The van der Waals surface area contributed by atoms with E-state index in [0.29, 0.717) is 0 Å². The van der Waals surface area contributed by atoms with Crippen molar-refractivity contribution >= 4 is 5.95 Å². The maximum absolute atomic E-state index is 6.13. The van der Waals surface area contributed by atoms with E-state index in [0.717, 1.165) is 24.7 Å². The molecule has 0 amide bonds. The first kappa shape index (κ1) is 14.8. The molecule has 24 heavy (non-hydrogen) atoms. The van der Waals surface area contributed by atoms with Crippen molar-refractivity contribution in [2.24, 2.45) is 0 Å². The summed E-state index contributed by atoms with van der Waals surface area (Å²) in [6.07, 6.45) is 0.112. The zero-order valence-corrected chi connectivity index (χ0v) is 13.5. The lowest BCUT2D eigenvalue weighted by molar-refractivity contribution is -0.0179. The quantitative estimate of drug-likeness (QED) is 0.742. The van der Waals surface area contributed by atoms with E-state index in [2.05, 4.69) is 39.5 Å². The molecular weight excluding hydrogens is 302 g/mol. The first-order valence-electron chi connectivity index (χ1n) is 8.10. The molecule has 0 spiro atoms. The van der Waals surface area contributed by atoms with Gasteiger partial charge < -0.3 is 9.64 Å². The summed E-state index contributed by atoms with van der Waals surface area (Å²) in [6, 6.07) is 20.2. The van der Waals surface area contributed by atoms with Crippen molar-refractivity contribution in [3.63, 3.8) is 0 Å². The summed E-state index contributed by atoms with van der Waals surface area (Å²) in [5.41, 5.74) is 2.13. The molecular formula is C18H19N5O. The second kappa shape index (κ2) is 6.41. The molecule has 2 aromatic carbocycles. The summed E-state index contributed by atoms with van der Waals surface area (Å²) in [5, 5.41) is 12.3. The summed E-state index contributed by atoms with van der Waals surface area (Å²) in [5.74, 6) is 0.747. The number of aromatic nitrogens is 4. The van der Waals surface area contributed by atoms with Gasteiger partial charge in [0.05, 0.1) is 18.3 Å². The Morgan fingerprint density at radius 1 is 0.958 bits per heavy atom. The van der Waals surface area contributed by atoms with Crippen molar-refractivity contribution in [1.29, 1.82) is 0 Å². The second-order valence-electron chi connectivity index (χ2n) is 5.98. The smallest absolute Gasteiger partial charge is 0.250 e. The number of hydrogen-bond acceptors (Lipinski definition) is 5. The predicted molar refractivity (Wildman–Crippen MR) is 91.1 cm³/mol. The summed E-state index contributed by atoms with van der Waals surface area (Å²) in [4.78, 5) is 2.19. The highest BCUT2D eigenvalue weighted by atomic mass is 16.5. The molecule has 6 nitrogen and oxygen atoms in total.